The fraction of sp³-hybridized carbons (Fsp3) is 0.450. The number of carbonyl (C=O) groups is 3. The molecule has 0 spiro atoms. The maximum absolute atomic E-state index is 12.9. The molecular formula is C20H24N4O4. The quantitative estimate of drug-likeness (QED) is 0.582. The number of fused-ring (bicyclic) bond motifs is 1. The highest BCUT2D eigenvalue weighted by atomic mass is 16.4. The summed E-state index contributed by atoms with van der Waals surface area (Å²) >= 11 is 0. The van der Waals surface area contributed by atoms with Crippen molar-refractivity contribution in [2.24, 2.45) is 0 Å². The summed E-state index contributed by atoms with van der Waals surface area (Å²) in [6.45, 7) is 3.88. The highest BCUT2D eigenvalue weighted by molar-refractivity contribution is 5.99. The third kappa shape index (κ3) is 4.61. The predicted molar refractivity (Wildman–Crippen MR) is 104 cm³/mol. The van der Waals surface area contributed by atoms with Gasteiger partial charge in [-0.2, -0.15) is 0 Å². The Morgan fingerprint density at radius 3 is 2.71 bits per heavy atom. The standard InChI is InChI=1S/C20H24N4O4/c1-2-15(11-19(26)27)22-18(25)13-24-8-5-14-3-4-16(12-17(14)20(24)28)23-9-6-21-7-10-23/h1,3-4,12,15,21H,5-11,13H2,(H,22,25)(H,26,27)/t15-/m1/s1. The molecule has 1 fully saturated rings. The van der Waals surface area contributed by atoms with Crippen molar-refractivity contribution in [2.75, 3.05) is 44.2 Å². The number of terminal acetylenes is 1. The number of amides is 2. The fourth-order valence-corrected chi connectivity index (χ4v) is 3.52. The Bertz CT molecular complexity index is 811. The van der Waals surface area contributed by atoms with Crippen LogP contribution in [0, 0.1) is 12.3 Å². The molecule has 2 amide bonds. The molecule has 0 aliphatic carbocycles. The van der Waals surface area contributed by atoms with Crippen LogP contribution in [0.1, 0.15) is 22.3 Å². The van der Waals surface area contributed by atoms with E-state index in [0.29, 0.717) is 18.5 Å². The Labute approximate surface area is 163 Å². The molecule has 3 rings (SSSR count). The summed E-state index contributed by atoms with van der Waals surface area (Å²) in [5, 5.41) is 14.6. The Morgan fingerprint density at radius 2 is 2.04 bits per heavy atom. The third-order valence-electron chi connectivity index (χ3n) is 4.99. The van der Waals surface area contributed by atoms with Gasteiger partial charge in [-0.3, -0.25) is 14.4 Å². The van der Waals surface area contributed by atoms with E-state index in [1.54, 1.807) is 0 Å². The average Bonchev–Trinajstić information content (AvgIpc) is 2.69. The molecule has 148 valence electrons. The van der Waals surface area contributed by atoms with Crippen molar-refractivity contribution in [2.45, 2.75) is 18.9 Å². The maximum atomic E-state index is 12.9. The number of rotatable bonds is 6. The fourth-order valence-electron chi connectivity index (χ4n) is 3.52. The van der Waals surface area contributed by atoms with E-state index < -0.39 is 17.9 Å². The topological polar surface area (TPSA) is 102 Å². The summed E-state index contributed by atoms with van der Waals surface area (Å²) in [6, 6.07) is 5.05. The number of hydrogen-bond acceptors (Lipinski definition) is 5. The first-order chi connectivity index (χ1) is 13.5. The van der Waals surface area contributed by atoms with Crippen molar-refractivity contribution in [3.63, 3.8) is 0 Å². The van der Waals surface area contributed by atoms with Crippen LogP contribution in [0.2, 0.25) is 0 Å². The number of carbonyl (C=O) groups excluding carboxylic acids is 2. The molecule has 8 nitrogen and oxygen atoms in total. The zero-order valence-electron chi connectivity index (χ0n) is 15.6. The summed E-state index contributed by atoms with van der Waals surface area (Å²) < 4.78 is 0. The first kappa shape index (κ1) is 19.7. The molecule has 1 atom stereocenters. The Kier molecular flexibility index (Phi) is 6.16. The van der Waals surface area contributed by atoms with Crippen LogP contribution in [0.25, 0.3) is 0 Å². The van der Waals surface area contributed by atoms with E-state index in [1.807, 2.05) is 18.2 Å². The summed E-state index contributed by atoms with van der Waals surface area (Å²) in [4.78, 5) is 39.6. The van der Waals surface area contributed by atoms with Crippen molar-refractivity contribution in [1.82, 2.24) is 15.5 Å². The van der Waals surface area contributed by atoms with E-state index in [2.05, 4.69) is 21.5 Å². The zero-order chi connectivity index (χ0) is 20.1. The van der Waals surface area contributed by atoms with Gasteiger partial charge in [0, 0.05) is 44.0 Å². The Hall–Kier alpha value is -3.05. The van der Waals surface area contributed by atoms with Crippen molar-refractivity contribution >= 4 is 23.5 Å². The molecule has 3 N–H and O–H groups in total. The van der Waals surface area contributed by atoms with E-state index in [4.69, 9.17) is 11.5 Å². The minimum Gasteiger partial charge on any atom is -0.481 e. The number of anilines is 1. The normalized spacial score (nSPS) is 17.5. The lowest BCUT2D eigenvalue weighted by Gasteiger charge is -2.32. The summed E-state index contributed by atoms with van der Waals surface area (Å²) in [5.41, 5.74) is 2.61. The molecule has 1 aromatic carbocycles. The first-order valence-corrected chi connectivity index (χ1v) is 9.33. The molecule has 8 heteroatoms. The highest BCUT2D eigenvalue weighted by Crippen LogP contribution is 2.25. The molecular weight excluding hydrogens is 360 g/mol. The van der Waals surface area contributed by atoms with Gasteiger partial charge in [0.05, 0.1) is 13.0 Å². The largest absolute Gasteiger partial charge is 0.481 e. The molecule has 0 radical (unpaired) electrons. The second-order valence-electron chi connectivity index (χ2n) is 6.94. The second kappa shape index (κ2) is 8.76. The zero-order valence-corrected chi connectivity index (χ0v) is 15.6. The van der Waals surface area contributed by atoms with Gasteiger partial charge < -0.3 is 25.5 Å². The van der Waals surface area contributed by atoms with Crippen molar-refractivity contribution in [1.29, 1.82) is 0 Å². The molecule has 0 aromatic heterocycles. The first-order valence-electron chi connectivity index (χ1n) is 9.33. The van der Waals surface area contributed by atoms with E-state index in [0.717, 1.165) is 37.4 Å². The number of benzene rings is 1. The molecule has 2 heterocycles. The van der Waals surface area contributed by atoms with Gasteiger partial charge in [0.25, 0.3) is 5.91 Å². The number of carboxylic acids is 1. The van der Waals surface area contributed by atoms with Gasteiger partial charge in [0.15, 0.2) is 0 Å². The van der Waals surface area contributed by atoms with Crippen LogP contribution in [0.4, 0.5) is 5.69 Å². The van der Waals surface area contributed by atoms with Gasteiger partial charge in [-0.05, 0) is 24.1 Å². The van der Waals surface area contributed by atoms with Crippen molar-refractivity contribution < 1.29 is 19.5 Å². The van der Waals surface area contributed by atoms with Gasteiger partial charge in [0.1, 0.15) is 6.04 Å². The molecule has 0 unspecified atom stereocenters. The van der Waals surface area contributed by atoms with Crippen LogP contribution in [-0.4, -0.2) is 73.1 Å². The monoisotopic (exact) mass is 384 g/mol. The molecule has 1 saturated heterocycles. The van der Waals surface area contributed by atoms with Crippen molar-refractivity contribution in [3.05, 3.63) is 29.3 Å². The number of hydrogen-bond donors (Lipinski definition) is 3. The van der Waals surface area contributed by atoms with Gasteiger partial charge in [-0.25, -0.2) is 0 Å². The summed E-state index contributed by atoms with van der Waals surface area (Å²) in [5.74, 6) is 0.504. The van der Waals surface area contributed by atoms with Gasteiger partial charge in [0.2, 0.25) is 5.91 Å². The van der Waals surface area contributed by atoms with E-state index in [1.165, 1.54) is 4.90 Å². The summed E-state index contributed by atoms with van der Waals surface area (Å²) in [6.07, 6.45) is 5.58. The molecule has 2 aliphatic rings. The highest BCUT2D eigenvalue weighted by Gasteiger charge is 2.27. The van der Waals surface area contributed by atoms with Crippen LogP contribution >= 0.6 is 0 Å². The minimum absolute atomic E-state index is 0.145. The SMILES string of the molecule is C#C[C@H](CC(=O)O)NC(=O)CN1CCc2ccc(N3CCNCC3)cc2C1=O. The van der Waals surface area contributed by atoms with Crippen LogP contribution < -0.4 is 15.5 Å². The maximum Gasteiger partial charge on any atom is 0.306 e. The second-order valence-corrected chi connectivity index (χ2v) is 6.94. The third-order valence-corrected chi connectivity index (χ3v) is 4.99. The number of carboxylic acid groups (broad SMARTS) is 1. The number of piperazine rings is 1. The molecule has 0 bridgehead atoms. The Balaban J connectivity index is 1.67. The summed E-state index contributed by atoms with van der Waals surface area (Å²) in [7, 11) is 0. The smallest absolute Gasteiger partial charge is 0.306 e. The lowest BCUT2D eigenvalue weighted by atomic mass is 9.97. The number of aliphatic carboxylic acids is 1. The lowest BCUT2D eigenvalue weighted by molar-refractivity contribution is -0.137. The minimum atomic E-state index is -1.09. The van der Waals surface area contributed by atoms with Crippen molar-refractivity contribution in [3.8, 4) is 12.3 Å². The van der Waals surface area contributed by atoms with Crippen LogP contribution in [0.15, 0.2) is 18.2 Å². The van der Waals surface area contributed by atoms with Crippen LogP contribution in [0.5, 0.6) is 0 Å². The number of nitrogens with zero attached hydrogens (tertiary/aromatic N) is 2. The predicted octanol–water partition coefficient (Wildman–Crippen LogP) is -0.313. The van der Waals surface area contributed by atoms with E-state index in [-0.39, 0.29) is 18.9 Å². The lowest BCUT2D eigenvalue weighted by Crippen LogP contribution is -2.47. The molecule has 2 aliphatic heterocycles. The molecule has 1 aromatic rings. The average molecular weight is 384 g/mol. The van der Waals surface area contributed by atoms with Gasteiger partial charge >= 0.3 is 5.97 Å². The van der Waals surface area contributed by atoms with Crippen LogP contribution in [0.3, 0.4) is 0 Å². The molecule has 0 saturated carbocycles. The number of nitrogens with one attached hydrogen (secondary N) is 2. The van der Waals surface area contributed by atoms with Gasteiger partial charge in [-0.1, -0.05) is 12.0 Å². The van der Waals surface area contributed by atoms with E-state index in [9.17, 15) is 14.4 Å². The van der Waals surface area contributed by atoms with Gasteiger partial charge in [-0.15, -0.1) is 6.42 Å². The Morgan fingerprint density at radius 1 is 1.29 bits per heavy atom. The molecule has 28 heavy (non-hydrogen) atoms. The van der Waals surface area contributed by atoms with E-state index >= 15 is 0 Å². The van der Waals surface area contributed by atoms with Crippen LogP contribution in [-0.2, 0) is 16.0 Å².